The van der Waals surface area contributed by atoms with Gasteiger partial charge < -0.3 is 9.84 Å². The van der Waals surface area contributed by atoms with E-state index in [0.717, 1.165) is 10.9 Å². The Balaban J connectivity index is 2.30. The number of H-pyrrole nitrogens is 1. The van der Waals surface area contributed by atoms with Gasteiger partial charge in [-0.1, -0.05) is 18.2 Å². The summed E-state index contributed by atoms with van der Waals surface area (Å²) >= 11 is 0. The number of nitrogens with zero attached hydrogens (tertiary/aromatic N) is 1. The van der Waals surface area contributed by atoms with Gasteiger partial charge >= 0.3 is 0 Å². The molecular weight excluding hydrogens is 256 g/mol. The Kier molecular flexibility index (Phi) is 2.87. The Hall–Kier alpha value is -2.82. The van der Waals surface area contributed by atoms with E-state index in [1.807, 2.05) is 12.1 Å². The number of nitrogens with one attached hydrogen (secondary N) is 1. The van der Waals surface area contributed by atoms with Crippen LogP contribution in [0.1, 0.15) is 0 Å². The summed E-state index contributed by atoms with van der Waals surface area (Å²) in [6.07, 6.45) is 0. The number of fused-ring (bicyclic) bond motifs is 1. The van der Waals surface area contributed by atoms with Crippen molar-refractivity contribution >= 4 is 10.8 Å². The van der Waals surface area contributed by atoms with Crippen LogP contribution in [-0.2, 0) is 0 Å². The van der Waals surface area contributed by atoms with Crippen molar-refractivity contribution in [3.05, 3.63) is 52.8 Å². The molecule has 0 bridgehead atoms. The van der Waals surface area contributed by atoms with E-state index in [2.05, 4.69) is 10.2 Å². The fraction of sp³-hybridized carbons (Fsp3) is 0.0667. The van der Waals surface area contributed by atoms with Gasteiger partial charge in [0.05, 0.1) is 18.2 Å². The zero-order valence-corrected chi connectivity index (χ0v) is 10.8. The maximum absolute atomic E-state index is 11.8. The normalized spacial score (nSPS) is 10.7. The first-order chi connectivity index (χ1) is 9.70. The molecule has 0 atom stereocenters. The Labute approximate surface area is 114 Å². The quantitative estimate of drug-likeness (QED) is 0.747. The van der Waals surface area contributed by atoms with Gasteiger partial charge in [-0.3, -0.25) is 4.79 Å². The molecule has 2 N–H and O–H groups in total. The summed E-state index contributed by atoms with van der Waals surface area (Å²) < 4.78 is 5.09. The highest BCUT2D eigenvalue weighted by atomic mass is 16.5. The average Bonchev–Trinajstić information content (AvgIpc) is 2.49. The molecule has 0 saturated heterocycles. The molecule has 20 heavy (non-hydrogen) atoms. The maximum atomic E-state index is 11.8. The summed E-state index contributed by atoms with van der Waals surface area (Å²) in [7, 11) is 1.48. The van der Waals surface area contributed by atoms with Crippen LogP contribution in [0.25, 0.3) is 22.0 Å². The first-order valence-electron chi connectivity index (χ1n) is 6.05. The predicted molar refractivity (Wildman–Crippen MR) is 76.0 cm³/mol. The first kappa shape index (κ1) is 12.2. The number of phenolic OH excluding ortho intramolecular Hbond substituents is 1. The van der Waals surface area contributed by atoms with E-state index in [0.29, 0.717) is 16.8 Å². The van der Waals surface area contributed by atoms with Crippen LogP contribution >= 0.6 is 0 Å². The molecule has 5 nitrogen and oxygen atoms in total. The van der Waals surface area contributed by atoms with Crippen LogP contribution < -0.4 is 10.3 Å². The van der Waals surface area contributed by atoms with Crippen molar-refractivity contribution in [2.75, 3.05) is 7.11 Å². The zero-order valence-electron chi connectivity index (χ0n) is 10.8. The number of ether oxygens (including phenoxy) is 1. The smallest absolute Gasteiger partial charge is 0.272 e. The topological polar surface area (TPSA) is 75.2 Å². The number of aromatic hydroxyl groups is 1. The van der Waals surface area contributed by atoms with Gasteiger partial charge in [-0.15, -0.1) is 0 Å². The number of methoxy groups -OCH3 is 1. The molecular formula is C15H12N2O3. The van der Waals surface area contributed by atoms with Crippen molar-refractivity contribution in [3.63, 3.8) is 0 Å². The van der Waals surface area contributed by atoms with E-state index in [9.17, 15) is 9.90 Å². The minimum atomic E-state index is -0.227. The summed E-state index contributed by atoms with van der Waals surface area (Å²) in [6.45, 7) is 0. The molecule has 2 aromatic carbocycles. The van der Waals surface area contributed by atoms with E-state index < -0.39 is 0 Å². The zero-order chi connectivity index (χ0) is 14.1. The Morgan fingerprint density at radius 3 is 2.65 bits per heavy atom. The third-order valence-electron chi connectivity index (χ3n) is 3.15. The second kappa shape index (κ2) is 4.70. The van der Waals surface area contributed by atoms with Gasteiger partial charge in [-0.2, -0.15) is 5.10 Å². The van der Waals surface area contributed by atoms with Gasteiger partial charge in [-0.25, -0.2) is 5.10 Å². The van der Waals surface area contributed by atoms with Crippen molar-refractivity contribution in [1.29, 1.82) is 0 Å². The van der Waals surface area contributed by atoms with Crippen LogP contribution in [0.3, 0.4) is 0 Å². The fourth-order valence-electron chi connectivity index (χ4n) is 2.16. The van der Waals surface area contributed by atoms with Crippen LogP contribution in [0.2, 0.25) is 0 Å². The number of phenols is 1. The molecule has 0 unspecified atom stereocenters. The van der Waals surface area contributed by atoms with Crippen LogP contribution in [0, 0.1) is 0 Å². The van der Waals surface area contributed by atoms with E-state index in [1.54, 1.807) is 24.3 Å². The molecule has 0 spiro atoms. The van der Waals surface area contributed by atoms with Gasteiger partial charge in [0.1, 0.15) is 0 Å². The summed E-state index contributed by atoms with van der Waals surface area (Å²) in [6, 6.07) is 12.2. The number of hydrogen-bond acceptors (Lipinski definition) is 4. The lowest BCUT2D eigenvalue weighted by molar-refractivity contribution is 0.373. The minimum absolute atomic E-state index is 0.0602. The van der Waals surface area contributed by atoms with Gasteiger partial charge in [-0.05, 0) is 24.3 Å². The molecule has 0 radical (unpaired) electrons. The van der Waals surface area contributed by atoms with Crippen molar-refractivity contribution in [1.82, 2.24) is 10.2 Å². The predicted octanol–water partition coefficient (Wildman–Crippen LogP) is 2.30. The standard InChI is InChI=1S/C15H12N2O3/c1-20-13-8-9(6-7-12(13)18)14-10-4-2-3-5-11(10)15(19)17-16-14/h2-8,18H,1H3,(H,17,19). The molecule has 0 fully saturated rings. The second-order valence-electron chi connectivity index (χ2n) is 4.33. The largest absolute Gasteiger partial charge is 0.504 e. The molecule has 1 heterocycles. The maximum Gasteiger partial charge on any atom is 0.272 e. The summed E-state index contributed by atoms with van der Waals surface area (Å²) in [5.41, 5.74) is 1.17. The van der Waals surface area contributed by atoms with Crippen LogP contribution in [-0.4, -0.2) is 22.4 Å². The molecule has 3 aromatic rings. The van der Waals surface area contributed by atoms with Gasteiger partial charge in [0, 0.05) is 10.9 Å². The molecule has 0 aliphatic carbocycles. The Morgan fingerprint density at radius 2 is 1.90 bits per heavy atom. The lowest BCUT2D eigenvalue weighted by Gasteiger charge is -2.08. The van der Waals surface area contributed by atoms with E-state index in [-0.39, 0.29) is 11.3 Å². The van der Waals surface area contributed by atoms with Crippen molar-refractivity contribution in [3.8, 4) is 22.8 Å². The molecule has 3 rings (SSSR count). The molecule has 5 heteroatoms. The lowest BCUT2D eigenvalue weighted by atomic mass is 10.0. The van der Waals surface area contributed by atoms with Gasteiger partial charge in [0.2, 0.25) is 0 Å². The molecule has 0 amide bonds. The minimum Gasteiger partial charge on any atom is -0.504 e. The summed E-state index contributed by atoms with van der Waals surface area (Å²) in [5.74, 6) is 0.421. The monoisotopic (exact) mass is 268 g/mol. The van der Waals surface area contributed by atoms with E-state index in [1.165, 1.54) is 13.2 Å². The highest BCUT2D eigenvalue weighted by Crippen LogP contribution is 2.32. The van der Waals surface area contributed by atoms with Gasteiger partial charge in [0.15, 0.2) is 11.5 Å². The van der Waals surface area contributed by atoms with Crippen LogP contribution in [0.15, 0.2) is 47.3 Å². The molecule has 1 aromatic heterocycles. The lowest BCUT2D eigenvalue weighted by Crippen LogP contribution is -2.09. The number of aromatic nitrogens is 2. The summed E-state index contributed by atoms with van der Waals surface area (Å²) in [5, 5.41) is 17.6. The first-order valence-corrected chi connectivity index (χ1v) is 6.05. The number of benzene rings is 2. The van der Waals surface area contributed by atoms with E-state index in [4.69, 9.17) is 4.74 Å². The Bertz CT molecular complexity index is 840. The number of rotatable bonds is 2. The highest BCUT2D eigenvalue weighted by Gasteiger charge is 2.10. The Morgan fingerprint density at radius 1 is 1.15 bits per heavy atom. The fourth-order valence-corrected chi connectivity index (χ4v) is 2.16. The van der Waals surface area contributed by atoms with Gasteiger partial charge in [0.25, 0.3) is 5.56 Å². The number of aromatic amines is 1. The second-order valence-corrected chi connectivity index (χ2v) is 4.33. The molecule has 100 valence electrons. The van der Waals surface area contributed by atoms with Crippen LogP contribution in [0.5, 0.6) is 11.5 Å². The van der Waals surface area contributed by atoms with Crippen molar-refractivity contribution < 1.29 is 9.84 Å². The molecule has 0 aliphatic heterocycles. The SMILES string of the molecule is COc1cc(-c2n[nH]c(=O)c3ccccc23)ccc1O. The average molecular weight is 268 g/mol. The van der Waals surface area contributed by atoms with Crippen LogP contribution in [0.4, 0.5) is 0 Å². The highest BCUT2D eigenvalue weighted by molar-refractivity contribution is 5.93. The number of hydrogen-bond donors (Lipinski definition) is 2. The molecule has 0 aliphatic rings. The third kappa shape index (κ3) is 1.89. The molecule has 0 saturated carbocycles. The summed E-state index contributed by atoms with van der Waals surface area (Å²) in [4.78, 5) is 11.8. The van der Waals surface area contributed by atoms with E-state index >= 15 is 0 Å². The van der Waals surface area contributed by atoms with Crippen molar-refractivity contribution in [2.24, 2.45) is 0 Å². The van der Waals surface area contributed by atoms with Crippen molar-refractivity contribution in [2.45, 2.75) is 0 Å². The third-order valence-corrected chi connectivity index (χ3v) is 3.15.